The molecule has 1 aromatic carbocycles. The van der Waals surface area contributed by atoms with Crippen LogP contribution in [-0.2, 0) is 19.8 Å². The minimum atomic E-state index is -3.52. The van der Waals surface area contributed by atoms with Crippen LogP contribution < -0.4 is 10.2 Å². The van der Waals surface area contributed by atoms with Crippen molar-refractivity contribution in [1.82, 2.24) is 8.61 Å². The molecule has 1 aromatic rings. The summed E-state index contributed by atoms with van der Waals surface area (Å²) in [7, 11) is -0.540. The van der Waals surface area contributed by atoms with E-state index in [4.69, 9.17) is 0 Å². The molecular weight excluding hydrogens is 368 g/mol. The van der Waals surface area contributed by atoms with E-state index in [0.29, 0.717) is 38.0 Å². The molecule has 2 fully saturated rings. The van der Waals surface area contributed by atoms with Crippen molar-refractivity contribution < 1.29 is 18.0 Å². The lowest BCUT2D eigenvalue weighted by Gasteiger charge is -2.32. The van der Waals surface area contributed by atoms with Crippen LogP contribution in [0.15, 0.2) is 24.3 Å². The first-order chi connectivity index (χ1) is 12.8. The van der Waals surface area contributed by atoms with E-state index >= 15 is 0 Å². The van der Waals surface area contributed by atoms with Gasteiger partial charge < -0.3 is 10.2 Å². The van der Waals surface area contributed by atoms with Crippen LogP contribution in [0.5, 0.6) is 0 Å². The van der Waals surface area contributed by atoms with Crippen LogP contribution >= 0.6 is 0 Å². The van der Waals surface area contributed by atoms with Crippen molar-refractivity contribution in [3.8, 4) is 0 Å². The molecule has 0 saturated carbocycles. The second-order valence-corrected chi connectivity index (χ2v) is 9.32. The lowest BCUT2D eigenvalue weighted by atomic mass is 9.98. The van der Waals surface area contributed by atoms with Crippen LogP contribution in [0.4, 0.5) is 11.4 Å². The maximum Gasteiger partial charge on any atom is 0.281 e. The standard InChI is InChI=1S/C18H26N4O4S/c1-20(2)27(25,26)21-10-4-6-14(13-21)18(24)19-15-7-3-8-16(12-15)22-11-5-9-17(22)23/h3,7-8,12,14H,4-6,9-11,13H2,1-2H3,(H,19,24). The zero-order valence-electron chi connectivity index (χ0n) is 15.7. The van der Waals surface area contributed by atoms with Gasteiger partial charge in [-0.25, -0.2) is 0 Å². The van der Waals surface area contributed by atoms with Crippen LogP contribution in [0.25, 0.3) is 0 Å². The predicted molar refractivity (Wildman–Crippen MR) is 104 cm³/mol. The van der Waals surface area contributed by atoms with Crippen LogP contribution in [0, 0.1) is 5.92 Å². The number of nitrogens with zero attached hydrogens (tertiary/aromatic N) is 3. The van der Waals surface area contributed by atoms with Crippen molar-refractivity contribution in [1.29, 1.82) is 0 Å². The largest absolute Gasteiger partial charge is 0.326 e. The van der Waals surface area contributed by atoms with E-state index in [1.807, 2.05) is 6.07 Å². The van der Waals surface area contributed by atoms with Gasteiger partial charge in [0.2, 0.25) is 11.8 Å². The first kappa shape index (κ1) is 19.8. The minimum Gasteiger partial charge on any atom is -0.326 e. The number of rotatable bonds is 5. The molecular formula is C18H26N4O4S. The Morgan fingerprint density at radius 1 is 1.22 bits per heavy atom. The summed E-state index contributed by atoms with van der Waals surface area (Å²) in [5.41, 5.74) is 1.39. The Kier molecular flexibility index (Phi) is 5.83. The Morgan fingerprint density at radius 2 is 2.00 bits per heavy atom. The Bertz CT molecular complexity index is 824. The summed E-state index contributed by atoms with van der Waals surface area (Å²) in [6, 6.07) is 7.22. The quantitative estimate of drug-likeness (QED) is 0.814. The number of amides is 2. The maximum absolute atomic E-state index is 12.7. The van der Waals surface area contributed by atoms with Gasteiger partial charge in [0, 0.05) is 51.5 Å². The molecule has 27 heavy (non-hydrogen) atoms. The molecule has 0 aliphatic carbocycles. The van der Waals surface area contributed by atoms with Crippen LogP contribution in [0.3, 0.4) is 0 Å². The monoisotopic (exact) mass is 394 g/mol. The topological polar surface area (TPSA) is 90.0 Å². The molecule has 0 radical (unpaired) electrons. The summed E-state index contributed by atoms with van der Waals surface area (Å²) in [5.74, 6) is -0.501. The summed E-state index contributed by atoms with van der Waals surface area (Å²) >= 11 is 0. The molecule has 1 unspecified atom stereocenters. The van der Waals surface area contributed by atoms with E-state index < -0.39 is 16.1 Å². The smallest absolute Gasteiger partial charge is 0.281 e. The lowest BCUT2D eigenvalue weighted by molar-refractivity contribution is -0.121. The molecule has 2 saturated heterocycles. The summed E-state index contributed by atoms with van der Waals surface area (Å²) in [5, 5.41) is 2.88. The van der Waals surface area contributed by atoms with Crippen LogP contribution in [0.1, 0.15) is 25.7 Å². The second kappa shape index (κ2) is 7.95. The number of carbonyl (C=O) groups is 2. The molecule has 2 amide bonds. The first-order valence-electron chi connectivity index (χ1n) is 9.18. The lowest BCUT2D eigenvalue weighted by Crippen LogP contribution is -2.47. The van der Waals surface area contributed by atoms with Gasteiger partial charge >= 0.3 is 0 Å². The number of carbonyl (C=O) groups excluding carboxylic acids is 2. The highest BCUT2D eigenvalue weighted by atomic mass is 32.2. The van der Waals surface area contributed by atoms with Gasteiger partial charge in [0.15, 0.2) is 0 Å². The van der Waals surface area contributed by atoms with Crippen molar-refractivity contribution in [2.75, 3.05) is 43.9 Å². The van der Waals surface area contributed by atoms with Gasteiger partial charge in [-0.2, -0.15) is 17.0 Å². The molecule has 0 aromatic heterocycles. The van der Waals surface area contributed by atoms with Gasteiger partial charge in [-0.1, -0.05) is 6.07 Å². The van der Waals surface area contributed by atoms with Crippen LogP contribution in [0.2, 0.25) is 0 Å². The van der Waals surface area contributed by atoms with E-state index in [9.17, 15) is 18.0 Å². The fraction of sp³-hybridized carbons (Fsp3) is 0.556. The SMILES string of the molecule is CN(C)S(=O)(=O)N1CCCC(C(=O)Nc2cccc(N3CCCC3=O)c2)C1. The average Bonchev–Trinajstić information content (AvgIpc) is 3.08. The summed E-state index contributed by atoms with van der Waals surface area (Å²) in [4.78, 5) is 26.3. The molecule has 1 N–H and O–H groups in total. The van der Waals surface area contributed by atoms with Gasteiger partial charge in [-0.3, -0.25) is 9.59 Å². The zero-order valence-corrected chi connectivity index (χ0v) is 16.5. The summed E-state index contributed by atoms with van der Waals surface area (Å²) in [6.07, 6.45) is 2.69. The molecule has 8 nitrogen and oxygen atoms in total. The minimum absolute atomic E-state index is 0.0929. The molecule has 0 spiro atoms. The molecule has 1 atom stereocenters. The zero-order chi connectivity index (χ0) is 19.6. The number of piperidine rings is 1. The van der Waals surface area contributed by atoms with Gasteiger partial charge in [-0.05, 0) is 37.5 Å². The van der Waals surface area contributed by atoms with E-state index in [2.05, 4.69) is 5.32 Å². The maximum atomic E-state index is 12.7. The molecule has 148 valence electrons. The highest BCUT2D eigenvalue weighted by Gasteiger charge is 2.33. The Balaban J connectivity index is 1.67. The number of nitrogens with one attached hydrogen (secondary N) is 1. The van der Waals surface area contributed by atoms with Crippen molar-refractivity contribution >= 4 is 33.4 Å². The number of anilines is 2. The number of benzene rings is 1. The number of hydrogen-bond donors (Lipinski definition) is 1. The normalized spacial score (nSPS) is 21.7. The van der Waals surface area contributed by atoms with E-state index in [0.717, 1.165) is 12.1 Å². The van der Waals surface area contributed by atoms with E-state index in [1.165, 1.54) is 22.7 Å². The fourth-order valence-electron chi connectivity index (χ4n) is 3.51. The molecule has 0 bridgehead atoms. The van der Waals surface area contributed by atoms with Crippen molar-refractivity contribution in [3.05, 3.63) is 24.3 Å². The molecule has 2 heterocycles. The molecule has 3 rings (SSSR count). The Hall–Kier alpha value is -1.97. The second-order valence-electron chi connectivity index (χ2n) is 7.18. The van der Waals surface area contributed by atoms with Gasteiger partial charge in [-0.15, -0.1) is 0 Å². The molecule has 2 aliphatic rings. The molecule has 2 aliphatic heterocycles. The van der Waals surface area contributed by atoms with E-state index in [1.54, 1.807) is 23.1 Å². The Morgan fingerprint density at radius 3 is 2.67 bits per heavy atom. The third-order valence-electron chi connectivity index (χ3n) is 5.04. The van der Waals surface area contributed by atoms with E-state index in [-0.39, 0.29) is 18.4 Å². The van der Waals surface area contributed by atoms with Gasteiger partial charge in [0.1, 0.15) is 0 Å². The van der Waals surface area contributed by atoms with Gasteiger partial charge in [0.05, 0.1) is 5.92 Å². The highest BCUT2D eigenvalue weighted by molar-refractivity contribution is 7.86. The summed E-state index contributed by atoms with van der Waals surface area (Å²) < 4.78 is 27.2. The Labute approximate surface area is 160 Å². The van der Waals surface area contributed by atoms with Crippen molar-refractivity contribution in [2.45, 2.75) is 25.7 Å². The highest BCUT2D eigenvalue weighted by Crippen LogP contribution is 2.26. The third-order valence-corrected chi connectivity index (χ3v) is 6.95. The number of hydrogen-bond acceptors (Lipinski definition) is 4. The molecule has 9 heteroatoms. The average molecular weight is 394 g/mol. The summed E-state index contributed by atoms with van der Waals surface area (Å²) in [6.45, 7) is 1.30. The van der Waals surface area contributed by atoms with Gasteiger partial charge in [0.25, 0.3) is 10.2 Å². The van der Waals surface area contributed by atoms with Crippen molar-refractivity contribution in [3.63, 3.8) is 0 Å². The first-order valence-corrected chi connectivity index (χ1v) is 10.6. The fourth-order valence-corrected chi connectivity index (χ4v) is 4.70. The van der Waals surface area contributed by atoms with Crippen molar-refractivity contribution in [2.24, 2.45) is 5.92 Å². The third kappa shape index (κ3) is 4.31. The van der Waals surface area contributed by atoms with Crippen LogP contribution in [-0.4, -0.2) is 62.6 Å². The predicted octanol–water partition coefficient (Wildman–Crippen LogP) is 1.27.